The van der Waals surface area contributed by atoms with Gasteiger partial charge in [-0.1, -0.05) is 28.1 Å². The second-order valence-corrected chi connectivity index (χ2v) is 12.5. The molecule has 5 rings (SSSR count). The Morgan fingerprint density at radius 1 is 1.03 bits per heavy atom. The van der Waals surface area contributed by atoms with Gasteiger partial charge in [0.1, 0.15) is 15.6 Å². The van der Waals surface area contributed by atoms with Crippen LogP contribution in [0.2, 0.25) is 0 Å². The molecule has 204 valence electrons. The minimum atomic E-state index is -4.15. The number of esters is 1. The third-order valence-corrected chi connectivity index (χ3v) is 9.24. The van der Waals surface area contributed by atoms with Gasteiger partial charge in [0.05, 0.1) is 29.8 Å². The number of halogens is 1. The molecule has 0 saturated carbocycles. The number of nitrogens with one attached hydrogen (secondary N) is 2. The van der Waals surface area contributed by atoms with E-state index in [9.17, 15) is 13.2 Å². The zero-order chi connectivity index (χ0) is 27.6. The summed E-state index contributed by atoms with van der Waals surface area (Å²) in [6.07, 6.45) is 3.70. The lowest BCUT2D eigenvalue weighted by atomic mass is 9.95. The zero-order valence-electron chi connectivity index (χ0n) is 21.4. The molecular formula is C27H27BrN4O5S2. The quantitative estimate of drug-likeness (QED) is 0.202. The number of aryl methyl sites for hydroxylation is 1. The summed E-state index contributed by atoms with van der Waals surface area (Å²) in [5.41, 5.74) is 2.54. The van der Waals surface area contributed by atoms with Crippen molar-refractivity contribution in [3.8, 4) is 5.75 Å². The highest BCUT2D eigenvalue weighted by Crippen LogP contribution is 2.41. The number of carbonyl (C=O) groups is 1. The summed E-state index contributed by atoms with van der Waals surface area (Å²) >= 11 is 4.82. The van der Waals surface area contributed by atoms with Gasteiger partial charge >= 0.3 is 5.97 Å². The van der Waals surface area contributed by atoms with Crippen molar-refractivity contribution in [2.75, 3.05) is 23.3 Å². The van der Waals surface area contributed by atoms with E-state index in [1.165, 1.54) is 17.4 Å². The lowest BCUT2D eigenvalue weighted by Gasteiger charge is -2.16. The molecule has 0 radical (unpaired) electrons. The fourth-order valence-electron chi connectivity index (χ4n) is 4.49. The molecule has 0 spiro atoms. The highest BCUT2D eigenvalue weighted by Gasteiger charge is 2.28. The van der Waals surface area contributed by atoms with Gasteiger partial charge in [0.15, 0.2) is 11.6 Å². The van der Waals surface area contributed by atoms with E-state index < -0.39 is 16.0 Å². The normalized spacial score (nSPS) is 13.1. The molecule has 2 aromatic heterocycles. The first-order chi connectivity index (χ1) is 18.8. The number of para-hydroxylation sites is 2. The summed E-state index contributed by atoms with van der Waals surface area (Å²) in [6, 6.07) is 11.9. The van der Waals surface area contributed by atoms with Crippen LogP contribution in [0.3, 0.4) is 0 Å². The van der Waals surface area contributed by atoms with Crippen LogP contribution in [-0.2, 0) is 27.6 Å². The number of benzene rings is 2. The maximum absolute atomic E-state index is 13.6. The number of aromatic nitrogens is 2. The molecule has 39 heavy (non-hydrogen) atoms. The number of fused-ring (bicyclic) bond motifs is 2. The molecule has 2 heterocycles. The second-order valence-electron chi connectivity index (χ2n) is 8.80. The van der Waals surface area contributed by atoms with Gasteiger partial charge in [-0.25, -0.2) is 23.2 Å². The van der Waals surface area contributed by atoms with E-state index in [1.807, 2.05) is 6.07 Å². The van der Waals surface area contributed by atoms with Crippen molar-refractivity contribution in [2.24, 2.45) is 0 Å². The summed E-state index contributed by atoms with van der Waals surface area (Å²) in [5.74, 6) is -0.0237. The monoisotopic (exact) mass is 630 g/mol. The minimum Gasteiger partial charge on any atom is -0.492 e. The van der Waals surface area contributed by atoms with E-state index in [0.29, 0.717) is 32.7 Å². The summed E-state index contributed by atoms with van der Waals surface area (Å²) in [4.78, 5) is 23.4. The third kappa shape index (κ3) is 5.73. The van der Waals surface area contributed by atoms with E-state index >= 15 is 0 Å². The maximum Gasteiger partial charge on any atom is 0.341 e. The highest BCUT2D eigenvalue weighted by molar-refractivity contribution is 9.10. The fourth-order valence-corrected chi connectivity index (χ4v) is 7.46. The van der Waals surface area contributed by atoms with Crippen molar-refractivity contribution in [3.63, 3.8) is 0 Å². The molecule has 4 aromatic rings. The van der Waals surface area contributed by atoms with Crippen LogP contribution in [0.1, 0.15) is 47.5 Å². The Morgan fingerprint density at radius 2 is 1.74 bits per heavy atom. The molecule has 9 nitrogen and oxygen atoms in total. The molecule has 2 N–H and O–H groups in total. The van der Waals surface area contributed by atoms with Gasteiger partial charge in [-0.3, -0.25) is 4.72 Å². The Hall–Kier alpha value is -3.22. The van der Waals surface area contributed by atoms with Crippen molar-refractivity contribution in [1.82, 2.24) is 9.97 Å². The molecule has 1 aliphatic carbocycles. The number of hydrogen-bond donors (Lipinski definition) is 2. The summed E-state index contributed by atoms with van der Waals surface area (Å²) < 4.78 is 41.4. The molecule has 12 heteroatoms. The number of sulfonamides is 1. The van der Waals surface area contributed by atoms with Crippen molar-refractivity contribution < 1.29 is 22.7 Å². The first kappa shape index (κ1) is 27.4. The van der Waals surface area contributed by atoms with Crippen molar-refractivity contribution in [2.45, 2.75) is 44.4 Å². The smallest absolute Gasteiger partial charge is 0.341 e. The van der Waals surface area contributed by atoms with Gasteiger partial charge in [-0.15, -0.1) is 11.3 Å². The predicted octanol–water partition coefficient (Wildman–Crippen LogP) is 6.45. The lowest BCUT2D eigenvalue weighted by molar-refractivity contribution is 0.0526. The molecule has 0 bridgehead atoms. The van der Waals surface area contributed by atoms with Gasteiger partial charge in [-0.2, -0.15) is 0 Å². The van der Waals surface area contributed by atoms with Crippen LogP contribution < -0.4 is 14.8 Å². The predicted molar refractivity (Wildman–Crippen MR) is 156 cm³/mol. The summed E-state index contributed by atoms with van der Waals surface area (Å²) in [5, 5.41) is 3.79. The van der Waals surface area contributed by atoms with Crippen LogP contribution in [0.5, 0.6) is 5.75 Å². The van der Waals surface area contributed by atoms with E-state index in [1.54, 1.807) is 44.2 Å². The van der Waals surface area contributed by atoms with Crippen molar-refractivity contribution >= 4 is 70.9 Å². The Kier molecular flexibility index (Phi) is 8.06. The van der Waals surface area contributed by atoms with Crippen molar-refractivity contribution in [1.29, 1.82) is 0 Å². The maximum atomic E-state index is 13.6. The van der Waals surface area contributed by atoms with Crippen LogP contribution in [0.15, 0.2) is 51.8 Å². The minimum absolute atomic E-state index is 0.00250. The van der Waals surface area contributed by atoms with Gasteiger partial charge in [-0.05, 0) is 75.4 Å². The van der Waals surface area contributed by atoms with Crippen LogP contribution in [0.25, 0.3) is 11.0 Å². The lowest BCUT2D eigenvalue weighted by Crippen LogP contribution is -2.17. The number of hydrogen-bond acceptors (Lipinski definition) is 9. The summed E-state index contributed by atoms with van der Waals surface area (Å²) in [7, 11) is -4.15. The standard InChI is InChI=1S/C27H27BrN4O5S2/c1-3-36-20-14-13-16(28)15-22(20)39(34,35)32-25-24(29-18-10-6-7-11-19(18)30-25)31-26-23(27(33)37-4-2)17-9-5-8-12-21(17)38-26/h6-7,10-11,13-15H,3-5,8-9,12H2,1-2H3,(H,29,31)(H,30,32). The van der Waals surface area contributed by atoms with E-state index in [-0.39, 0.29) is 28.9 Å². The number of ether oxygens (including phenoxy) is 2. The number of thiophene rings is 1. The van der Waals surface area contributed by atoms with Gasteiger partial charge in [0.25, 0.3) is 10.0 Å². The highest BCUT2D eigenvalue weighted by atomic mass is 79.9. The Bertz CT molecular complexity index is 1660. The average Bonchev–Trinajstić information content (AvgIpc) is 3.28. The molecule has 0 saturated heterocycles. The van der Waals surface area contributed by atoms with Gasteiger partial charge < -0.3 is 14.8 Å². The van der Waals surface area contributed by atoms with Gasteiger partial charge in [0.2, 0.25) is 0 Å². The number of anilines is 3. The first-order valence-corrected chi connectivity index (χ1v) is 15.7. The fraction of sp³-hybridized carbons (Fsp3) is 0.296. The second kappa shape index (κ2) is 11.5. The summed E-state index contributed by atoms with van der Waals surface area (Å²) in [6.45, 7) is 4.10. The SMILES string of the molecule is CCOC(=O)c1c(Nc2nc3ccccc3nc2NS(=O)(=O)c2cc(Br)ccc2OCC)sc2c1CCCC2. The van der Waals surface area contributed by atoms with Crippen molar-refractivity contribution in [3.05, 3.63) is 62.9 Å². The molecule has 0 unspecified atom stereocenters. The van der Waals surface area contributed by atoms with E-state index in [4.69, 9.17) is 14.5 Å². The molecule has 0 fully saturated rings. The Labute approximate surface area is 239 Å². The largest absolute Gasteiger partial charge is 0.492 e. The molecule has 2 aromatic carbocycles. The van der Waals surface area contributed by atoms with Gasteiger partial charge in [0, 0.05) is 9.35 Å². The number of carbonyl (C=O) groups excluding carboxylic acids is 1. The van der Waals surface area contributed by atoms with E-state index in [0.717, 1.165) is 36.1 Å². The molecule has 0 atom stereocenters. The van der Waals surface area contributed by atoms with Crippen LogP contribution in [0.4, 0.5) is 16.6 Å². The van der Waals surface area contributed by atoms with Crippen LogP contribution in [0, 0.1) is 0 Å². The molecule has 0 aliphatic heterocycles. The molecule has 1 aliphatic rings. The average molecular weight is 632 g/mol. The topological polar surface area (TPSA) is 120 Å². The van der Waals surface area contributed by atoms with E-state index in [2.05, 4.69) is 31.0 Å². The first-order valence-electron chi connectivity index (χ1n) is 12.6. The number of rotatable bonds is 9. The molecule has 0 amide bonds. The van der Waals surface area contributed by atoms with Crippen LogP contribution >= 0.6 is 27.3 Å². The van der Waals surface area contributed by atoms with Crippen LogP contribution in [-0.4, -0.2) is 37.6 Å². The molecular weight excluding hydrogens is 604 g/mol. The third-order valence-electron chi connectivity index (χ3n) is 6.18. The Morgan fingerprint density at radius 3 is 2.46 bits per heavy atom. The zero-order valence-corrected chi connectivity index (χ0v) is 24.6. The number of nitrogens with zero attached hydrogens (tertiary/aromatic N) is 2. The Balaban J connectivity index is 1.61.